The first-order valence-corrected chi connectivity index (χ1v) is 8.63. The third kappa shape index (κ3) is 3.68. The summed E-state index contributed by atoms with van der Waals surface area (Å²) in [4.78, 5) is 5.90. The van der Waals surface area contributed by atoms with E-state index < -0.39 is 0 Å². The molecule has 0 radical (unpaired) electrons. The summed E-state index contributed by atoms with van der Waals surface area (Å²) in [6.45, 7) is 4.73. The number of thiazole rings is 1. The first-order chi connectivity index (χ1) is 11.7. The molecule has 1 N–H and O–H groups in total. The van der Waals surface area contributed by atoms with Crippen molar-refractivity contribution in [1.82, 2.24) is 4.98 Å². The van der Waals surface area contributed by atoms with Gasteiger partial charge in [0.2, 0.25) is 0 Å². The van der Waals surface area contributed by atoms with E-state index >= 15 is 0 Å². The maximum absolute atomic E-state index is 5.46. The number of anilines is 2. The predicted molar refractivity (Wildman–Crippen MR) is 99.7 cm³/mol. The van der Waals surface area contributed by atoms with Gasteiger partial charge in [-0.15, -0.1) is 11.3 Å². The number of nitrogens with one attached hydrogen (secondary N) is 1. The van der Waals surface area contributed by atoms with E-state index in [2.05, 4.69) is 12.2 Å². The van der Waals surface area contributed by atoms with Crippen LogP contribution in [0.2, 0.25) is 0 Å². The summed E-state index contributed by atoms with van der Waals surface area (Å²) in [5.74, 6) is 1.72. The zero-order valence-electron chi connectivity index (χ0n) is 14.0. The SMILES string of the molecule is CCOc1ccc(Nc2nc(-c3ccc(OC)cc3)c(C)s2)cc1. The highest BCUT2D eigenvalue weighted by molar-refractivity contribution is 7.16. The fourth-order valence-corrected chi connectivity index (χ4v) is 3.25. The normalized spacial score (nSPS) is 10.5. The van der Waals surface area contributed by atoms with Crippen molar-refractivity contribution in [2.45, 2.75) is 13.8 Å². The lowest BCUT2D eigenvalue weighted by atomic mass is 10.1. The van der Waals surface area contributed by atoms with Crippen molar-refractivity contribution >= 4 is 22.2 Å². The van der Waals surface area contributed by atoms with Crippen LogP contribution in [0.1, 0.15) is 11.8 Å². The molecule has 5 heteroatoms. The van der Waals surface area contributed by atoms with Crippen molar-refractivity contribution in [2.75, 3.05) is 19.0 Å². The fraction of sp³-hybridized carbons (Fsp3) is 0.211. The molecule has 1 aromatic heterocycles. The largest absolute Gasteiger partial charge is 0.497 e. The second-order valence-electron chi connectivity index (χ2n) is 5.23. The van der Waals surface area contributed by atoms with Crippen LogP contribution in [-0.2, 0) is 0 Å². The molecule has 0 atom stereocenters. The summed E-state index contributed by atoms with van der Waals surface area (Å²) >= 11 is 1.64. The van der Waals surface area contributed by atoms with Gasteiger partial charge in [-0.1, -0.05) is 0 Å². The van der Waals surface area contributed by atoms with Crippen LogP contribution in [0.4, 0.5) is 10.8 Å². The van der Waals surface area contributed by atoms with Crippen LogP contribution >= 0.6 is 11.3 Å². The lowest BCUT2D eigenvalue weighted by molar-refractivity contribution is 0.340. The number of hydrogen-bond donors (Lipinski definition) is 1. The lowest BCUT2D eigenvalue weighted by Crippen LogP contribution is -1.93. The van der Waals surface area contributed by atoms with Crippen LogP contribution in [0.3, 0.4) is 0 Å². The molecule has 0 fully saturated rings. The van der Waals surface area contributed by atoms with Gasteiger partial charge in [-0.2, -0.15) is 0 Å². The third-order valence-electron chi connectivity index (χ3n) is 3.58. The van der Waals surface area contributed by atoms with Crippen molar-refractivity contribution < 1.29 is 9.47 Å². The van der Waals surface area contributed by atoms with Crippen molar-refractivity contribution in [3.05, 3.63) is 53.4 Å². The van der Waals surface area contributed by atoms with Crippen molar-refractivity contribution in [2.24, 2.45) is 0 Å². The molecular formula is C19H20N2O2S. The zero-order valence-corrected chi connectivity index (χ0v) is 14.8. The molecule has 0 saturated heterocycles. The Balaban J connectivity index is 1.77. The van der Waals surface area contributed by atoms with Gasteiger partial charge in [0, 0.05) is 16.1 Å². The summed E-state index contributed by atoms with van der Waals surface area (Å²) < 4.78 is 10.7. The molecule has 24 heavy (non-hydrogen) atoms. The van der Waals surface area contributed by atoms with E-state index in [0.717, 1.165) is 33.6 Å². The summed E-state index contributed by atoms with van der Waals surface area (Å²) in [5.41, 5.74) is 3.08. The first-order valence-electron chi connectivity index (χ1n) is 7.81. The maximum atomic E-state index is 5.46. The van der Waals surface area contributed by atoms with Gasteiger partial charge in [-0.3, -0.25) is 0 Å². The molecule has 3 rings (SSSR count). The third-order valence-corrected chi connectivity index (χ3v) is 4.46. The summed E-state index contributed by atoms with van der Waals surface area (Å²) in [7, 11) is 1.67. The maximum Gasteiger partial charge on any atom is 0.187 e. The highest BCUT2D eigenvalue weighted by Gasteiger charge is 2.10. The van der Waals surface area contributed by atoms with Crippen LogP contribution in [-0.4, -0.2) is 18.7 Å². The average Bonchev–Trinajstić information content (AvgIpc) is 2.97. The predicted octanol–water partition coefficient (Wildman–Crippen LogP) is 5.27. The molecule has 0 amide bonds. The van der Waals surface area contributed by atoms with E-state index in [9.17, 15) is 0 Å². The van der Waals surface area contributed by atoms with E-state index in [4.69, 9.17) is 14.5 Å². The van der Waals surface area contributed by atoms with Gasteiger partial charge >= 0.3 is 0 Å². The Morgan fingerprint density at radius 3 is 2.29 bits per heavy atom. The Labute approximate surface area is 146 Å². The van der Waals surface area contributed by atoms with Crippen molar-refractivity contribution in [3.8, 4) is 22.8 Å². The second kappa shape index (κ2) is 7.36. The molecule has 0 aliphatic heterocycles. The Kier molecular flexibility index (Phi) is 5.01. The molecule has 4 nitrogen and oxygen atoms in total. The highest BCUT2D eigenvalue weighted by Crippen LogP contribution is 2.33. The van der Waals surface area contributed by atoms with Crippen LogP contribution in [0.5, 0.6) is 11.5 Å². The Bertz CT molecular complexity index is 795. The minimum atomic E-state index is 0.670. The Morgan fingerprint density at radius 2 is 1.67 bits per heavy atom. The number of hydrogen-bond acceptors (Lipinski definition) is 5. The molecule has 0 unspecified atom stereocenters. The van der Waals surface area contributed by atoms with Crippen LogP contribution < -0.4 is 14.8 Å². The molecule has 124 valence electrons. The van der Waals surface area contributed by atoms with E-state index in [0.29, 0.717) is 6.61 Å². The molecule has 0 saturated carbocycles. The molecule has 1 heterocycles. The van der Waals surface area contributed by atoms with Crippen molar-refractivity contribution in [3.63, 3.8) is 0 Å². The highest BCUT2D eigenvalue weighted by atomic mass is 32.1. The van der Waals surface area contributed by atoms with Gasteiger partial charge in [-0.05, 0) is 62.4 Å². The second-order valence-corrected chi connectivity index (χ2v) is 6.44. The van der Waals surface area contributed by atoms with Gasteiger partial charge < -0.3 is 14.8 Å². The summed E-state index contributed by atoms with van der Waals surface area (Å²) in [6.07, 6.45) is 0. The van der Waals surface area contributed by atoms with Crippen LogP contribution in [0.25, 0.3) is 11.3 Å². The van der Waals surface area contributed by atoms with Gasteiger partial charge in [0.1, 0.15) is 11.5 Å². The Morgan fingerprint density at radius 1 is 1.00 bits per heavy atom. The fourth-order valence-electron chi connectivity index (χ4n) is 2.39. The van der Waals surface area contributed by atoms with Crippen LogP contribution in [0.15, 0.2) is 48.5 Å². The zero-order chi connectivity index (χ0) is 16.9. The van der Waals surface area contributed by atoms with Crippen molar-refractivity contribution in [1.29, 1.82) is 0 Å². The van der Waals surface area contributed by atoms with E-state index in [-0.39, 0.29) is 0 Å². The number of aromatic nitrogens is 1. The number of ether oxygens (including phenoxy) is 2. The summed E-state index contributed by atoms with van der Waals surface area (Å²) in [6, 6.07) is 15.9. The van der Waals surface area contributed by atoms with E-state index in [1.807, 2.05) is 55.5 Å². The molecule has 3 aromatic rings. The molecular weight excluding hydrogens is 320 g/mol. The summed E-state index contributed by atoms with van der Waals surface area (Å²) in [5, 5.41) is 4.23. The number of methoxy groups -OCH3 is 1. The molecule has 0 aliphatic rings. The smallest absolute Gasteiger partial charge is 0.187 e. The minimum absolute atomic E-state index is 0.670. The molecule has 0 aliphatic carbocycles. The quantitative estimate of drug-likeness (QED) is 0.664. The topological polar surface area (TPSA) is 43.4 Å². The number of nitrogens with zero attached hydrogens (tertiary/aromatic N) is 1. The molecule has 2 aromatic carbocycles. The minimum Gasteiger partial charge on any atom is -0.497 e. The molecule has 0 spiro atoms. The number of benzene rings is 2. The van der Waals surface area contributed by atoms with Gasteiger partial charge in [-0.25, -0.2) is 4.98 Å². The Hall–Kier alpha value is -2.53. The number of aryl methyl sites for hydroxylation is 1. The van der Waals surface area contributed by atoms with Gasteiger partial charge in [0.05, 0.1) is 19.4 Å². The average molecular weight is 340 g/mol. The monoisotopic (exact) mass is 340 g/mol. The van der Waals surface area contributed by atoms with Gasteiger partial charge in [0.25, 0.3) is 0 Å². The standard InChI is InChI=1S/C19H20N2O2S/c1-4-23-17-11-7-15(8-12-17)20-19-21-18(13(2)24-19)14-5-9-16(22-3)10-6-14/h5-12H,4H2,1-3H3,(H,20,21). The first kappa shape index (κ1) is 16.3. The van der Waals surface area contributed by atoms with E-state index in [1.165, 1.54) is 4.88 Å². The van der Waals surface area contributed by atoms with Gasteiger partial charge in [0.15, 0.2) is 5.13 Å². The van der Waals surface area contributed by atoms with E-state index in [1.54, 1.807) is 18.4 Å². The molecule has 0 bridgehead atoms. The lowest BCUT2D eigenvalue weighted by Gasteiger charge is -2.05. The number of rotatable bonds is 6. The van der Waals surface area contributed by atoms with Crippen LogP contribution in [0, 0.1) is 6.92 Å².